The number of rotatable bonds is 6. The lowest BCUT2D eigenvalue weighted by molar-refractivity contribution is -0.118. The molecule has 0 aromatic heterocycles. The molecule has 0 fully saturated rings. The minimum Gasteiger partial charge on any atom is -0.497 e. The molecule has 116 valence electrons. The third kappa shape index (κ3) is 4.30. The third-order valence-corrected chi connectivity index (χ3v) is 3.14. The molecule has 0 unspecified atom stereocenters. The summed E-state index contributed by atoms with van der Waals surface area (Å²) in [6.45, 7) is -0.150. The molecule has 0 atom stereocenters. The third-order valence-electron chi connectivity index (χ3n) is 2.83. The minimum atomic E-state index is -0.310. The van der Waals surface area contributed by atoms with Gasteiger partial charge in [0, 0.05) is 23.9 Å². The molecule has 0 saturated carbocycles. The number of nitrogens with one attached hydrogen (secondary N) is 1. The Kier molecular flexibility index (Phi) is 5.49. The lowest BCUT2D eigenvalue weighted by Gasteiger charge is -2.11. The van der Waals surface area contributed by atoms with E-state index in [9.17, 15) is 4.79 Å². The molecule has 0 spiro atoms. The first-order chi connectivity index (χ1) is 10.6. The Hall–Kier alpha value is -2.40. The molecule has 0 aliphatic carbocycles. The summed E-state index contributed by atoms with van der Waals surface area (Å²) in [7, 11) is 3.09. The highest BCUT2D eigenvalue weighted by Gasteiger charge is 2.08. The molecule has 0 saturated heterocycles. The number of amides is 1. The van der Waals surface area contributed by atoms with Crippen molar-refractivity contribution in [1.29, 1.82) is 0 Å². The van der Waals surface area contributed by atoms with Gasteiger partial charge in [0.25, 0.3) is 5.91 Å². The van der Waals surface area contributed by atoms with Gasteiger partial charge in [-0.15, -0.1) is 0 Å². The van der Waals surface area contributed by atoms with Gasteiger partial charge >= 0.3 is 0 Å². The predicted molar refractivity (Wildman–Crippen MR) is 85.1 cm³/mol. The number of para-hydroxylation sites is 1. The van der Waals surface area contributed by atoms with Gasteiger partial charge in [-0.3, -0.25) is 4.79 Å². The number of benzene rings is 2. The largest absolute Gasteiger partial charge is 0.497 e. The SMILES string of the molecule is COc1cc(NC(=O)COc2ccccc2Cl)cc(OC)c1. The van der Waals surface area contributed by atoms with Gasteiger partial charge in [-0.25, -0.2) is 0 Å². The molecule has 0 heterocycles. The van der Waals surface area contributed by atoms with Gasteiger partial charge in [0.1, 0.15) is 17.2 Å². The molecule has 1 amide bonds. The summed E-state index contributed by atoms with van der Waals surface area (Å²) in [5.41, 5.74) is 0.559. The first-order valence-corrected chi connectivity index (χ1v) is 6.90. The summed E-state index contributed by atoms with van der Waals surface area (Å²) in [4.78, 5) is 11.9. The van der Waals surface area contributed by atoms with Crippen LogP contribution in [-0.4, -0.2) is 26.7 Å². The van der Waals surface area contributed by atoms with E-state index in [1.54, 1.807) is 56.7 Å². The van der Waals surface area contributed by atoms with Gasteiger partial charge in [-0.05, 0) is 12.1 Å². The minimum absolute atomic E-state index is 0.150. The predicted octanol–water partition coefficient (Wildman–Crippen LogP) is 3.37. The van der Waals surface area contributed by atoms with Crippen LogP contribution in [0, 0.1) is 0 Å². The maximum absolute atomic E-state index is 11.9. The number of ether oxygens (including phenoxy) is 3. The van der Waals surface area contributed by atoms with E-state index in [2.05, 4.69) is 5.32 Å². The second kappa shape index (κ2) is 7.56. The molecular weight excluding hydrogens is 306 g/mol. The van der Waals surface area contributed by atoms with E-state index in [4.69, 9.17) is 25.8 Å². The van der Waals surface area contributed by atoms with E-state index in [-0.39, 0.29) is 12.5 Å². The fourth-order valence-corrected chi connectivity index (χ4v) is 1.97. The van der Waals surface area contributed by atoms with Crippen molar-refractivity contribution < 1.29 is 19.0 Å². The average Bonchev–Trinajstić information content (AvgIpc) is 2.53. The molecule has 2 aromatic rings. The summed E-state index contributed by atoms with van der Waals surface area (Å²) >= 11 is 5.96. The molecule has 0 aliphatic rings. The zero-order valence-corrected chi connectivity index (χ0v) is 13.0. The molecule has 1 N–H and O–H groups in total. The highest BCUT2D eigenvalue weighted by atomic mass is 35.5. The van der Waals surface area contributed by atoms with Gasteiger partial charge in [-0.1, -0.05) is 23.7 Å². The van der Waals surface area contributed by atoms with Crippen molar-refractivity contribution in [1.82, 2.24) is 0 Å². The van der Waals surface area contributed by atoms with E-state index in [1.807, 2.05) is 0 Å². The van der Waals surface area contributed by atoms with Crippen molar-refractivity contribution in [3.05, 3.63) is 47.5 Å². The number of hydrogen-bond acceptors (Lipinski definition) is 4. The van der Waals surface area contributed by atoms with Crippen LogP contribution in [0.3, 0.4) is 0 Å². The number of methoxy groups -OCH3 is 2. The van der Waals surface area contributed by atoms with Crippen LogP contribution in [0.5, 0.6) is 17.2 Å². The van der Waals surface area contributed by atoms with E-state index >= 15 is 0 Å². The summed E-state index contributed by atoms with van der Waals surface area (Å²) < 4.78 is 15.7. The quantitative estimate of drug-likeness (QED) is 0.886. The summed E-state index contributed by atoms with van der Waals surface area (Å²) in [5, 5.41) is 3.17. The van der Waals surface area contributed by atoms with Crippen LogP contribution >= 0.6 is 11.6 Å². The highest BCUT2D eigenvalue weighted by molar-refractivity contribution is 6.32. The molecule has 2 rings (SSSR count). The van der Waals surface area contributed by atoms with E-state index in [1.165, 1.54) is 0 Å². The van der Waals surface area contributed by atoms with Crippen LogP contribution in [0.1, 0.15) is 0 Å². The summed E-state index contributed by atoms with van der Waals surface area (Å²) in [5.74, 6) is 1.32. The number of carbonyl (C=O) groups excluding carboxylic acids is 1. The lowest BCUT2D eigenvalue weighted by atomic mass is 10.2. The van der Waals surface area contributed by atoms with Crippen molar-refractivity contribution in [2.24, 2.45) is 0 Å². The number of hydrogen-bond donors (Lipinski definition) is 1. The molecule has 0 radical (unpaired) electrons. The monoisotopic (exact) mass is 321 g/mol. The molecule has 5 nitrogen and oxygen atoms in total. The van der Waals surface area contributed by atoms with Gasteiger partial charge < -0.3 is 19.5 Å². The smallest absolute Gasteiger partial charge is 0.262 e. The number of anilines is 1. The summed E-state index contributed by atoms with van der Waals surface area (Å²) in [6, 6.07) is 12.1. The lowest BCUT2D eigenvalue weighted by Crippen LogP contribution is -2.20. The van der Waals surface area contributed by atoms with Crippen LogP contribution in [-0.2, 0) is 4.79 Å². The topological polar surface area (TPSA) is 56.8 Å². The van der Waals surface area contributed by atoms with Crippen LogP contribution in [0.25, 0.3) is 0 Å². The van der Waals surface area contributed by atoms with Crippen LogP contribution < -0.4 is 19.5 Å². The Morgan fingerprint density at radius 1 is 1.09 bits per heavy atom. The van der Waals surface area contributed by atoms with E-state index in [0.717, 1.165) is 0 Å². The Morgan fingerprint density at radius 2 is 1.73 bits per heavy atom. The fourth-order valence-electron chi connectivity index (χ4n) is 1.78. The van der Waals surface area contributed by atoms with Crippen molar-refractivity contribution >= 4 is 23.2 Å². The Balaban J connectivity index is 1.98. The van der Waals surface area contributed by atoms with Gasteiger partial charge in [-0.2, -0.15) is 0 Å². The average molecular weight is 322 g/mol. The number of halogens is 1. The van der Waals surface area contributed by atoms with Crippen LogP contribution in [0.4, 0.5) is 5.69 Å². The first kappa shape index (κ1) is 16.0. The first-order valence-electron chi connectivity index (χ1n) is 6.52. The maximum atomic E-state index is 11.9. The molecular formula is C16H16ClNO4. The molecule has 0 aliphatic heterocycles. The zero-order valence-electron chi connectivity index (χ0n) is 12.3. The molecule has 22 heavy (non-hydrogen) atoms. The standard InChI is InChI=1S/C16H16ClNO4/c1-20-12-7-11(8-13(9-12)21-2)18-16(19)10-22-15-6-4-3-5-14(15)17/h3-9H,10H2,1-2H3,(H,18,19). The number of carbonyl (C=O) groups is 1. The van der Waals surface area contributed by atoms with Gasteiger partial charge in [0.2, 0.25) is 0 Å². The Bertz CT molecular complexity index is 638. The molecule has 6 heteroatoms. The summed E-state index contributed by atoms with van der Waals surface area (Å²) in [6.07, 6.45) is 0. The van der Waals surface area contributed by atoms with Crippen LogP contribution in [0.15, 0.2) is 42.5 Å². The fraction of sp³-hybridized carbons (Fsp3) is 0.188. The van der Waals surface area contributed by atoms with Crippen LogP contribution in [0.2, 0.25) is 5.02 Å². The normalized spacial score (nSPS) is 9.95. The van der Waals surface area contributed by atoms with E-state index in [0.29, 0.717) is 28.0 Å². The Labute approximate surface area is 133 Å². The highest BCUT2D eigenvalue weighted by Crippen LogP contribution is 2.26. The zero-order chi connectivity index (χ0) is 15.9. The second-order valence-corrected chi connectivity index (χ2v) is 4.78. The Morgan fingerprint density at radius 3 is 2.32 bits per heavy atom. The van der Waals surface area contributed by atoms with Crippen molar-refractivity contribution in [2.45, 2.75) is 0 Å². The van der Waals surface area contributed by atoms with Crippen molar-refractivity contribution in [3.8, 4) is 17.2 Å². The van der Waals surface area contributed by atoms with E-state index < -0.39 is 0 Å². The molecule has 2 aromatic carbocycles. The second-order valence-electron chi connectivity index (χ2n) is 4.37. The maximum Gasteiger partial charge on any atom is 0.262 e. The van der Waals surface area contributed by atoms with Crippen molar-refractivity contribution in [2.75, 3.05) is 26.1 Å². The van der Waals surface area contributed by atoms with Gasteiger partial charge in [0.15, 0.2) is 6.61 Å². The molecule has 0 bridgehead atoms. The van der Waals surface area contributed by atoms with Gasteiger partial charge in [0.05, 0.1) is 19.2 Å². The van der Waals surface area contributed by atoms with Crippen molar-refractivity contribution in [3.63, 3.8) is 0 Å².